The van der Waals surface area contributed by atoms with Gasteiger partial charge < -0.3 is 11.1 Å². The zero-order valence-corrected chi connectivity index (χ0v) is 10.2. The molecule has 1 aromatic carbocycles. The van der Waals surface area contributed by atoms with Gasteiger partial charge in [0.15, 0.2) is 0 Å². The van der Waals surface area contributed by atoms with Crippen LogP contribution in [0.4, 0.5) is 4.39 Å². The highest BCUT2D eigenvalue weighted by atomic mass is 19.1. The van der Waals surface area contributed by atoms with Crippen LogP contribution in [0, 0.1) is 11.7 Å². The first-order chi connectivity index (χ1) is 8.29. The smallest absolute Gasteiger partial charge is 0.123 e. The zero-order valence-electron chi connectivity index (χ0n) is 10.2. The molecule has 0 saturated carbocycles. The summed E-state index contributed by atoms with van der Waals surface area (Å²) in [5, 5.41) is 3.55. The van der Waals surface area contributed by atoms with Crippen molar-refractivity contribution in [2.75, 3.05) is 13.1 Å². The van der Waals surface area contributed by atoms with Gasteiger partial charge in [0.05, 0.1) is 0 Å². The van der Waals surface area contributed by atoms with Crippen molar-refractivity contribution < 1.29 is 4.39 Å². The molecule has 2 nitrogen and oxygen atoms in total. The summed E-state index contributed by atoms with van der Waals surface area (Å²) in [4.78, 5) is 0. The van der Waals surface area contributed by atoms with Gasteiger partial charge in [-0.3, -0.25) is 0 Å². The molecule has 2 unspecified atom stereocenters. The molecule has 1 fully saturated rings. The maximum absolute atomic E-state index is 12.8. The zero-order chi connectivity index (χ0) is 12.1. The Bertz CT molecular complexity index is 331. The van der Waals surface area contributed by atoms with E-state index in [4.69, 9.17) is 5.73 Å². The Morgan fingerprint density at radius 3 is 2.65 bits per heavy atom. The van der Waals surface area contributed by atoms with Gasteiger partial charge in [0, 0.05) is 6.04 Å². The Morgan fingerprint density at radius 2 is 2.06 bits per heavy atom. The van der Waals surface area contributed by atoms with Gasteiger partial charge in [-0.15, -0.1) is 0 Å². The minimum absolute atomic E-state index is 0.172. The van der Waals surface area contributed by atoms with Crippen LogP contribution in [-0.4, -0.2) is 19.1 Å². The lowest BCUT2D eigenvalue weighted by atomic mass is 9.87. The summed E-state index contributed by atoms with van der Waals surface area (Å²) >= 11 is 0. The SMILES string of the molecule is NCC(Cc1ccc(F)cc1)C1CCCCN1. The van der Waals surface area contributed by atoms with Crippen LogP contribution in [0.2, 0.25) is 0 Å². The van der Waals surface area contributed by atoms with E-state index >= 15 is 0 Å². The molecule has 0 aliphatic carbocycles. The fourth-order valence-corrected chi connectivity index (χ4v) is 2.59. The predicted molar refractivity (Wildman–Crippen MR) is 68.3 cm³/mol. The molecule has 0 amide bonds. The monoisotopic (exact) mass is 236 g/mol. The summed E-state index contributed by atoms with van der Waals surface area (Å²) in [6, 6.07) is 7.30. The third-order valence-corrected chi connectivity index (χ3v) is 3.63. The molecule has 1 aliphatic rings. The van der Waals surface area contributed by atoms with Crippen molar-refractivity contribution in [3.63, 3.8) is 0 Å². The van der Waals surface area contributed by atoms with Crippen molar-refractivity contribution in [1.82, 2.24) is 5.32 Å². The number of nitrogens with two attached hydrogens (primary N) is 1. The molecule has 2 atom stereocenters. The van der Waals surface area contributed by atoms with Crippen LogP contribution in [0.1, 0.15) is 24.8 Å². The number of nitrogens with one attached hydrogen (secondary N) is 1. The van der Waals surface area contributed by atoms with Gasteiger partial charge in [-0.25, -0.2) is 4.39 Å². The maximum Gasteiger partial charge on any atom is 0.123 e. The van der Waals surface area contributed by atoms with E-state index in [1.54, 1.807) is 0 Å². The van der Waals surface area contributed by atoms with E-state index in [2.05, 4.69) is 5.32 Å². The van der Waals surface area contributed by atoms with Gasteiger partial charge in [0.1, 0.15) is 5.82 Å². The van der Waals surface area contributed by atoms with Crippen LogP contribution in [0.25, 0.3) is 0 Å². The Kier molecular flexibility index (Phi) is 4.51. The number of hydrogen-bond acceptors (Lipinski definition) is 2. The lowest BCUT2D eigenvalue weighted by Crippen LogP contribution is -2.43. The minimum Gasteiger partial charge on any atom is -0.330 e. The van der Waals surface area contributed by atoms with E-state index < -0.39 is 0 Å². The highest BCUT2D eigenvalue weighted by molar-refractivity contribution is 5.17. The quantitative estimate of drug-likeness (QED) is 0.840. The van der Waals surface area contributed by atoms with E-state index in [0.29, 0.717) is 18.5 Å². The van der Waals surface area contributed by atoms with Gasteiger partial charge in [0.25, 0.3) is 0 Å². The second kappa shape index (κ2) is 6.12. The average molecular weight is 236 g/mol. The van der Waals surface area contributed by atoms with Crippen LogP contribution < -0.4 is 11.1 Å². The normalized spacial score (nSPS) is 22.4. The lowest BCUT2D eigenvalue weighted by Gasteiger charge is -2.30. The summed E-state index contributed by atoms with van der Waals surface area (Å²) in [5.41, 5.74) is 7.04. The first kappa shape index (κ1) is 12.5. The highest BCUT2D eigenvalue weighted by Crippen LogP contribution is 2.19. The second-order valence-electron chi connectivity index (χ2n) is 4.88. The van der Waals surface area contributed by atoms with E-state index in [1.165, 1.54) is 37.0 Å². The molecule has 0 bridgehead atoms. The van der Waals surface area contributed by atoms with Gasteiger partial charge in [-0.2, -0.15) is 0 Å². The first-order valence-corrected chi connectivity index (χ1v) is 6.47. The van der Waals surface area contributed by atoms with Gasteiger partial charge in [-0.1, -0.05) is 18.6 Å². The Morgan fingerprint density at radius 1 is 1.29 bits per heavy atom. The molecule has 0 radical (unpaired) electrons. The lowest BCUT2D eigenvalue weighted by molar-refractivity contribution is 0.297. The van der Waals surface area contributed by atoms with Crippen molar-refractivity contribution in [1.29, 1.82) is 0 Å². The van der Waals surface area contributed by atoms with Crippen molar-refractivity contribution >= 4 is 0 Å². The molecule has 1 heterocycles. The molecule has 1 aromatic rings. The first-order valence-electron chi connectivity index (χ1n) is 6.47. The number of piperidine rings is 1. The standard InChI is InChI=1S/C14H21FN2/c15-13-6-4-11(5-7-13)9-12(10-16)14-3-1-2-8-17-14/h4-7,12,14,17H,1-3,8-10,16H2. The molecule has 0 aromatic heterocycles. The fraction of sp³-hybridized carbons (Fsp3) is 0.571. The number of halogens is 1. The minimum atomic E-state index is -0.172. The van der Waals surface area contributed by atoms with Gasteiger partial charge in [0.2, 0.25) is 0 Å². The third-order valence-electron chi connectivity index (χ3n) is 3.63. The summed E-state index contributed by atoms with van der Waals surface area (Å²) < 4.78 is 12.8. The average Bonchev–Trinajstić information content (AvgIpc) is 2.39. The summed E-state index contributed by atoms with van der Waals surface area (Å²) in [5.74, 6) is 0.287. The summed E-state index contributed by atoms with van der Waals surface area (Å²) in [7, 11) is 0. The van der Waals surface area contributed by atoms with E-state index in [9.17, 15) is 4.39 Å². The largest absolute Gasteiger partial charge is 0.330 e. The summed E-state index contributed by atoms with van der Waals surface area (Å²) in [6.07, 6.45) is 4.71. The number of benzene rings is 1. The van der Waals surface area contributed by atoms with E-state index in [-0.39, 0.29) is 5.82 Å². The van der Waals surface area contributed by atoms with E-state index in [0.717, 1.165) is 13.0 Å². The molecule has 2 rings (SSSR count). The Hall–Kier alpha value is -0.930. The van der Waals surface area contributed by atoms with E-state index in [1.807, 2.05) is 12.1 Å². The van der Waals surface area contributed by atoms with Crippen molar-refractivity contribution in [2.24, 2.45) is 11.7 Å². The molecule has 94 valence electrons. The summed E-state index contributed by atoms with van der Waals surface area (Å²) in [6.45, 7) is 1.79. The van der Waals surface area contributed by atoms with Gasteiger partial charge >= 0.3 is 0 Å². The topological polar surface area (TPSA) is 38.0 Å². The molecule has 1 aliphatic heterocycles. The number of rotatable bonds is 4. The van der Waals surface area contributed by atoms with Gasteiger partial charge in [-0.05, 0) is 56.0 Å². The molecule has 17 heavy (non-hydrogen) atoms. The van der Waals surface area contributed by atoms with Crippen LogP contribution in [0.3, 0.4) is 0 Å². The Balaban J connectivity index is 1.96. The predicted octanol–water partition coefficient (Wildman–Crippen LogP) is 2.09. The van der Waals surface area contributed by atoms with Crippen LogP contribution in [0.15, 0.2) is 24.3 Å². The maximum atomic E-state index is 12.8. The van der Waals surface area contributed by atoms with Crippen molar-refractivity contribution in [3.05, 3.63) is 35.6 Å². The van der Waals surface area contributed by atoms with Crippen LogP contribution >= 0.6 is 0 Å². The fourth-order valence-electron chi connectivity index (χ4n) is 2.59. The number of hydrogen-bond donors (Lipinski definition) is 2. The molecular weight excluding hydrogens is 215 g/mol. The third kappa shape index (κ3) is 3.51. The highest BCUT2D eigenvalue weighted by Gasteiger charge is 2.22. The molecule has 1 saturated heterocycles. The Labute approximate surface area is 102 Å². The van der Waals surface area contributed by atoms with Crippen molar-refractivity contribution in [3.8, 4) is 0 Å². The van der Waals surface area contributed by atoms with Crippen LogP contribution in [-0.2, 0) is 6.42 Å². The molecule has 3 heteroatoms. The molecule has 3 N–H and O–H groups in total. The molecular formula is C14H21FN2. The second-order valence-corrected chi connectivity index (χ2v) is 4.88. The molecule has 0 spiro atoms. The van der Waals surface area contributed by atoms with Crippen LogP contribution in [0.5, 0.6) is 0 Å². The van der Waals surface area contributed by atoms with Crippen molar-refractivity contribution in [2.45, 2.75) is 31.7 Å².